The van der Waals surface area contributed by atoms with Gasteiger partial charge >= 0.3 is 5.97 Å². The average Bonchev–Trinajstić information content (AvgIpc) is 2.39. The van der Waals surface area contributed by atoms with E-state index in [2.05, 4.69) is 23.6 Å². The Balaban J connectivity index is 0. The van der Waals surface area contributed by atoms with Crippen molar-refractivity contribution in [1.29, 1.82) is 0 Å². The quantitative estimate of drug-likeness (QED) is 0.595. The lowest BCUT2D eigenvalue weighted by Crippen LogP contribution is -1.95. The lowest BCUT2D eigenvalue weighted by Gasteiger charge is -1.89. The molecule has 0 N–H and O–H groups in total. The Morgan fingerprint density at radius 2 is 1.50 bits per heavy atom. The highest BCUT2D eigenvalue weighted by Crippen LogP contribution is 1.95. The van der Waals surface area contributed by atoms with Crippen LogP contribution in [0.1, 0.15) is 53.4 Å². The van der Waals surface area contributed by atoms with E-state index < -0.39 is 0 Å². The minimum absolute atomic E-state index is 0.211. The van der Waals surface area contributed by atoms with Gasteiger partial charge in [-0.2, -0.15) is 0 Å². The summed E-state index contributed by atoms with van der Waals surface area (Å²) in [5.74, 6) is -0.211. The minimum atomic E-state index is -0.211. The molecule has 1 heterocycles. The van der Waals surface area contributed by atoms with Crippen molar-refractivity contribution >= 4 is 5.97 Å². The van der Waals surface area contributed by atoms with Crippen molar-refractivity contribution in [3.63, 3.8) is 0 Å². The molecule has 0 saturated heterocycles. The van der Waals surface area contributed by atoms with Gasteiger partial charge in [-0.1, -0.05) is 45.6 Å². The van der Waals surface area contributed by atoms with Crippen LogP contribution in [0, 0.1) is 0 Å². The Morgan fingerprint density at radius 3 is 1.61 bits per heavy atom. The van der Waals surface area contributed by atoms with Crippen LogP contribution in [0.25, 0.3) is 0 Å². The van der Waals surface area contributed by atoms with E-state index in [0.717, 1.165) is 0 Å². The van der Waals surface area contributed by atoms with Gasteiger partial charge < -0.3 is 4.74 Å². The highest BCUT2D eigenvalue weighted by molar-refractivity contribution is 5.65. The van der Waals surface area contributed by atoms with Gasteiger partial charge in [0.1, 0.15) is 0 Å². The summed E-state index contributed by atoms with van der Waals surface area (Å²) in [5.41, 5.74) is 0. The summed E-state index contributed by atoms with van der Waals surface area (Å²) < 4.78 is 4.40. The number of carbonyl (C=O) groups is 1. The Kier molecular flexibility index (Phi) is 19.0. The molecular weight excluding hydrogens is 226 g/mol. The van der Waals surface area contributed by atoms with E-state index in [1.54, 1.807) is 19.3 Å². The van der Waals surface area contributed by atoms with Crippen molar-refractivity contribution in [2.45, 2.75) is 53.4 Å². The maximum absolute atomic E-state index is 9.82. The molecule has 0 aliphatic carbocycles. The van der Waals surface area contributed by atoms with E-state index in [1.165, 1.54) is 32.6 Å². The third kappa shape index (κ3) is 24.0. The largest absolute Gasteiger partial charge is 0.466 e. The molecule has 1 rings (SSSR count). The molecule has 0 aliphatic heterocycles. The van der Waals surface area contributed by atoms with E-state index in [9.17, 15) is 4.79 Å². The number of carbonyl (C=O) groups excluding carboxylic acids is 1. The van der Waals surface area contributed by atoms with Crippen molar-refractivity contribution in [2.75, 3.05) is 6.61 Å². The standard InChI is InChI=1S/C6H14.C5H5N.C4H8O2/c1-3-5-6-4-2;1-2-4-6-5-3-1;1-3-6-4(2)5/h3-6H2,1-2H3;1-5H;3H2,1-2H3. The topological polar surface area (TPSA) is 39.2 Å². The predicted octanol–water partition coefficient (Wildman–Crippen LogP) is 4.24. The first-order valence-electron chi connectivity index (χ1n) is 6.67. The zero-order valence-electron chi connectivity index (χ0n) is 12.2. The van der Waals surface area contributed by atoms with Crippen molar-refractivity contribution < 1.29 is 9.53 Å². The number of hydrogen-bond acceptors (Lipinski definition) is 3. The number of pyridine rings is 1. The van der Waals surface area contributed by atoms with Crippen LogP contribution in [0.5, 0.6) is 0 Å². The molecule has 0 spiro atoms. The fourth-order valence-corrected chi connectivity index (χ4v) is 1.02. The molecule has 0 bridgehead atoms. The second kappa shape index (κ2) is 18.0. The molecule has 0 unspecified atom stereocenters. The van der Waals surface area contributed by atoms with Crippen molar-refractivity contribution in [3.8, 4) is 0 Å². The highest BCUT2D eigenvalue weighted by atomic mass is 16.5. The molecule has 18 heavy (non-hydrogen) atoms. The SMILES string of the molecule is CCCCCC.CCOC(C)=O.c1ccncc1. The molecule has 0 atom stereocenters. The Labute approximate surface area is 112 Å². The first-order chi connectivity index (χ1) is 8.68. The third-order valence-electron chi connectivity index (χ3n) is 1.87. The monoisotopic (exact) mass is 253 g/mol. The lowest BCUT2D eigenvalue weighted by molar-refractivity contribution is -0.140. The summed E-state index contributed by atoms with van der Waals surface area (Å²) in [6.07, 6.45) is 9.04. The minimum Gasteiger partial charge on any atom is -0.466 e. The van der Waals surface area contributed by atoms with Crippen molar-refractivity contribution in [2.24, 2.45) is 0 Å². The number of hydrogen-bond donors (Lipinski definition) is 0. The number of ether oxygens (including phenoxy) is 1. The van der Waals surface area contributed by atoms with Crippen molar-refractivity contribution in [1.82, 2.24) is 4.98 Å². The summed E-state index contributed by atoms with van der Waals surface area (Å²) in [5, 5.41) is 0. The summed E-state index contributed by atoms with van der Waals surface area (Å²) in [6, 6.07) is 5.72. The predicted molar refractivity (Wildman–Crippen MR) is 76.4 cm³/mol. The normalized spacial score (nSPS) is 8.22. The van der Waals surface area contributed by atoms with E-state index in [1.807, 2.05) is 18.2 Å². The molecule has 1 aromatic rings. The van der Waals surface area contributed by atoms with Crippen LogP contribution in [0.15, 0.2) is 30.6 Å². The first kappa shape index (κ1) is 19.0. The van der Waals surface area contributed by atoms with Gasteiger partial charge in [0.05, 0.1) is 6.61 Å². The zero-order chi connectivity index (χ0) is 14.1. The molecule has 104 valence electrons. The van der Waals surface area contributed by atoms with Gasteiger partial charge in [-0.25, -0.2) is 0 Å². The second-order valence-electron chi connectivity index (χ2n) is 3.66. The van der Waals surface area contributed by atoms with E-state index >= 15 is 0 Å². The molecule has 0 aliphatic rings. The number of nitrogens with zero attached hydrogens (tertiary/aromatic N) is 1. The molecule has 3 heteroatoms. The Bertz CT molecular complexity index is 219. The molecule has 0 aromatic carbocycles. The average molecular weight is 253 g/mol. The van der Waals surface area contributed by atoms with Crippen LogP contribution in [-0.2, 0) is 9.53 Å². The maximum atomic E-state index is 9.82. The highest BCUT2D eigenvalue weighted by Gasteiger charge is 1.81. The van der Waals surface area contributed by atoms with Crippen LogP contribution < -0.4 is 0 Å². The zero-order valence-corrected chi connectivity index (χ0v) is 12.2. The van der Waals surface area contributed by atoms with Gasteiger partial charge in [-0.05, 0) is 19.1 Å². The van der Waals surface area contributed by atoms with Crippen LogP contribution in [0.4, 0.5) is 0 Å². The summed E-state index contributed by atoms with van der Waals surface area (Å²) in [4.78, 5) is 13.6. The summed E-state index contributed by atoms with van der Waals surface area (Å²) in [6.45, 7) is 8.12. The summed E-state index contributed by atoms with van der Waals surface area (Å²) in [7, 11) is 0. The van der Waals surface area contributed by atoms with Crippen LogP contribution in [0.3, 0.4) is 0 Å². The van der Waals surface area contributed by atoms with Crippen molar-refractivity contribution in [3.05, 3.63) is 30.6 Å². The third-order valence-corrected chi connectivity index (χ3v) is 1.87. The first-order valence-corrected chi connectivity index (χ1v) is 6.67. The fourth-order valence-electron chi connectivity index (χ4n) is 1.02. The van der Waals surface area contributed by atoms with Crippen LogP contribution in [0.2, 0.25) is 0 Å². The van der Waals surface area contributed by atoms with Gasteiger partial charge in [0.2, 0.25) is 0 Å². The Morgan fingerprint density at radius 1 is 1.00 bits per heavy atom. The molecule has 0 radical (unpaired) electrons. The number of rotatable bonds is 4. The smallest absolute Gasteiger partial charge is 0.302 e. The lowest BCUT2D eigenvalue weighted by atomic mass is 10.2. The van der Waals surface area contributed by atoms with Gasteiger partial charge in [0.25, 0.3) is 0 Å². The number of unbranched alkanes of at least 4 members (excludes halogenated alkanes) is 3. The van der Waals surface area contributed by atoms with Gasteiger partial charge in [0, 0.05) is 19.3 Å². The molecule has 3 nitrogen and oxygen atoms in total. The number of aromatic nitrogens is 1. The maximum Gasteiger partial charge on any atom is 0.302 e. The summed E-state index contributed by atoms with van der Waals surface area (Å²) >= 11 is 0. The second-order valence-corrected chi connectivity index (χ2v) is 3.66. The van der Waals surface area contributed by atoms with E-state index in [-0.39, 0.29) is 5.97 Å². The number of esters is 1. The van der Waals surface area contributed by atoms with Gasteiger partial charge in [0.15, 0.2) is 0 Å². The van der Waals surface area contributed by atoms with E-state index in [0.29, 0.717) is 6.61 Å². The van der Waals surface area contributed by atoms with Crippen LogP contribution >= 0.6 is 0 Å². The van der Waals surface area contributed by atoms with E-state index in [4.69, 9.17) is 0 Å². The molecule has 0 saturated carbocycles. The Hall–Kier alpha value is -1.38. The molecular formula is C15H27NO2. The molecule has 0 fully saturated rings. The van der Waals surface area contributed by atoms with Gasteiger partial charge in [-0.3, -0.25) is 9.78 Å². The molecule has 1 aromatic heterocycles. The van der Waals surface area contributed by atoms with Gasteiger partial charge in [-0.15, -0.1) is 0 Å². The molecule has 0 amide bonds. The van der Waals surface area contributed by atoms with Crippen LogP contribution in [-0.4, -0.2) is 17.6 Å². The fraction of sp³-hybridized carbons (Fsp3) is 0.600.